The van der Waals surface area contributed by atoms with Crippen molar-refractivity contribution in [1.82, 2.24) is 0 Å². The SMILES string of the molecule is Fc1cccc(C=CCBr)c1F. The second kappa shape index (κ2) is 4.36. The van der Waals surface area contributed by atoms with E-state index in [0.717, 1.165) is 6.07 Å². The molecule has 0 saturated heterocycles. The molecule has 0 fully saturated rings. The van der Waals surface area contributed by atoms with E-state index in [2.05, 4.69) is 15.9 Å². The fraction of sp³-hybridized carbons (Fsp3) is 0.111. The molecular formula is C9H7BrF2. The molecule has 0 heterocycles. The Morgan fingerprint density at radius 3 is 2.75 bits per heavy atom. The van der Waals surface area contributed by atoms with E-state index in [9.17, 15) is 8.78 Å². The van der Waals surface area contributed by atoms with Gasteiger partial charge in [-0.3, -0.25) is 0 Å². The maximum Gasteiger partial charge on any atom is 0.166 e. The molecule has 0 atom stereocenters. The summed E-state index contributed by atoms with van der Waals surface area (Å²) in [6.07, 6.45) is 3.24. The smallest absolute Gasteiger partial charge is 0.166 e. The third-order valence-corrected chi connectivity index (χ3v) is 1.74. The van der Waals surface area contributed by atoms with E-state index < -0.39 is 11.6 Å². The van der Waals surface area contributed by atoms with Crippen LogP contribution in [0.5, 0.6) is 0 Å². The molecule has 0 aliphatic rings. The summed E-state index contributed by atoms with van der Waals surface area (Å²) in [6.45, 7) is 0. The maximum atomic E-state index is 12.9. The van der Waals surface area contributed by atoms with Gasteiger partial charge < -0.3 is 0 Å². The summed E-state index contributed by atoms with van der Waals surface area (Å²) in [5.74, 6) is -1.61. The van der Waals surface area contributed by atoms with E-state index in [-0.39, 0.29) is 5.56 Å². The van der Waals surface area contributed by atoms with Crippen molar-refractivity contribution in [2.45, 2.75) is 0 Å². The van der Waals surface area contributed by atoms with Gasteiger partial charge in [-0.15, -0.1) is 0 Å². The van der Waals surface area contributed by atoms with Crippen LogP contribution < -0.4 is 0 Å². The van der Waals surface area contributed by atoms with Crippen LogP contribution in [-0.4, -0.2) is 5.33 Å². The Hall–Kier alpha value is -0.700. The zero-order chi connectivity index (χ0) is 8.97. The Balaban J connectivity index is 3.00. The summed E-state index contributed by atoms with van der Waals surface area (Å²) >= 11 is 3.15. The van der Waals surface area contributed by atoms with Gasteiger partial charge in [0.15, 0.2) is 11.6 Å². The molecule has 1 aromatic carbocycles. The molecule has 0 saturated carbocycles. The minimum atomic E-state index is -0.813. The minimum absolute atomic E-state index is 0.273. The first-order valence-corrected chi connectivity index (χ1v) is 4.54. The van der Waals surface area contributed by atoms with Gasteiger partial charge in [-0.25, -0.2) is 8.78 Å². The molecule has 0 aromatic heterocycles. The molecule has 1 aromatic rings. The van der Waals surface area contributed by atoms with Gasteiger partial charge in [-0.05, 0) is 6.07 Å². The highest BCUT2D eigenvalue weighted by Gasteiger charge is 2.03. The highest BCUT2D eigenvalue weighted by molar-refractivity contribution is 9.09. The Morgan fingerprint density at radius 2 is 2.08 bits per heavy atom. The molecule has 64 valence electrons. The lowest BCUT2D eigenvalue weighted by atomic mass is 10.2. The van der Waals surface area contributed by atoms with Crippen molar-refractivity contribution < 1.29 is 8.78 Å². The van der Waals surface area contributed by atoms with Crippen LogP contribution in [0.3, 0.4) is 0 Å². The third kappa shape index (κ3) is 2.14. The standard InChI is InChI=1S/C9H7BrF2/c10-6-2-4-7-3-1-5-8(11)9(7)12/h1-5H,6H2. The quantitative estimate of drug-likeness (QED) is 0.687. The van der Waals surface area contributed by atoms with Gasteiger partial charge in [0.05, 0.1) is 0 Å². The Morgan fingerprint density at radius 1 is 1.33 bits per heavy atom. The molecule has 0 unspecified atom stereocenters. The number of hydrogen-bond acceptors (Lipinski definition) is 0. The normalized spacial score (nSPS) is 10.9. The number of hydrogen-bond donors (Lipinski definition) is 0. The molecule has 0 amide bonds. The monoisotopic (exact) mass is 232 g/mol. The first kappa shape index (κ1) is 9.39. The molecule has 0 spiro atoms. The van der Waals surface area contributed by atoms with E-state index in [1.807, 2.05) is 0 Å². The van der Waals surface area contributed by atoms with Crippen molar-refractivity contribution in [2.75, 3.05) is 5.33 Å². The van der Waals surface area contributed by atoms with E-state index in [1.165, 1.54) is 18.2 Å². The molecule has 0 nitrogen and oxygen atoms in total. The van der Waals surface area contributed by atoms with Crippen LogP contribution in [0.1, 0.15) is 5.56 Å². The number of benzene rings is 1. The summed E-state index contributed by atoms with van der Waals surface area (Å²) in [5, 5.41) is 0.628. The van der Waals surface area contributed by atoms with Crippen LogP contribution in [0, 0.1) is 11.6 Å². The van der Waals surface area contributed by atoms with Crippen LogP contribution in [-0.2, 0) is 0 Å². The van der Waals surface area contributed by atoms with Gasteiger partial charge in [-0.2, -0.15) is 0 Å². The lowest BCUT2D eigenvalue weighted by Gasteiger charge is -1.96. The molecule has 3 heteroatoms. The Bertz CT molecular complexity index is 295. The lowest BCUT2D eigenvalue weighted by Crippen LogP contribution is -1.86. The largest absolute Gasteiger partial charge is 0.204 e. The van der Waals surface area contributed by atoms with Gasteiger partial charge in [0.2, 0.25) is 0 Å². The second-order valence-electron chi connectivity index (χ2n) is 2.20. The zero-order valence-electron chi connectivity index (χ0n) is 6.23. The molecule has 0 bridgehead atoms. The van der Waals surface area contributed by atoms with Crippen LogP contribution >= 0.6 is 15.9 Å². The number of alkyl halides is 1. The second-order valence-corrected chi connectivity index (χ2v) is 2.85. The van der Waals surface area contributed by atoms with Gasteiger partial charge in [0, 0.05) is 10.9 Å². The minimum Gasteiger partial charge on any atom is -0.204 e. The third-order valence-electron chi connectivity index (χ3n) is 1.37. The molecule has 0 N–H and O–H groups in total. The van der Waals surface area contributed by atoms with Gasteiger partial charge in [0.25, 0.3) is 0 Å². The van der Waals surface area contributed by atoms with Crippen molar-refractivity contribution in [3.8, 4) is 0 Å². The van der Waals surface area contributed by atoms with Crippen molar-refractivity contribution in [2.24, 2.45) is 0 Å². The Labute approximate surface area is 78.0 Å². The van der Waals surface area contributed by atoms with Gasteiger partial charge in [-0.1, -0.05) is 40.2 Å². The average Bonchev–Trinajstić information content (AvgIpc) is 2.08. The van der Waals surface area contributed by atoms with Crippen molar-refractivity contribution in [3.05, 3.63) is 41.5 Å². The van der Waals surface area contributed by atoms with Crippen LogP contribution in [0.25, 0.3) is 6.08 Å². The fourth-order valence-electron chi connectivity index (χ4n) is 0.821. The van der Waals surface area contributed by atoms with Crippen molar-refractivity contribution in [3.63, 3.8) is 0 Å². The molecule has 0 aliphatic heterocycles. The molecule has 0 radical (unpaired) electrons. The average molecular weight is 233 g/mol. The fourth-order valence-corrected chi connectivity index (χ4v) is 1.01. The summed E-state index contributed by atoms with van der Waals surface area (Å²) < 4.78 is 25.5. The van der Waals surface area contributed by atoms with E-state index in [4.69, 9.17) is 0 Å². The van der Waals surface area contributed by atoms with Crippen molar-refractivity contribution in [1.29, 1.82) is 0 Å². The summed E-state index contributed by atoms with van der Waals surface area (Å²) in [5.41, 5.74) is 0.273. The lowest BCUT2D eigenvalue weighted by molar-refractivity contribution is 0.507. The molecule has 0 aliphatic carbocycles. The van der Waals surface area contributed by atoms with Crippen molar-refractivity contribution >= 4 is 22.0 Å². The molecule has 12 heavy (non-hydrogen) atoms. The van der Waals surface area contributed by atoms with E-state index in [0.29, 0.717) is 5.33 Å². The Kier molecular flexibility index (Phi) is 3.41. The summed E-state index contributed by atoms with van der Waals surface area (Å²) in [6, 6.07) is 4.10. The highest BCUT2D eigenvalue weighted by atomic mass is 79.9. The highest BCUT2D eigenvalue weighted by Crippen LogP contribution is 2.12. The number of halogens is 3. The van der Waals surface area contributed by atoms with Gasteiger partial charge in [0.1, 0.15) is 0 Å². The van der Waals surface area contributed by atoms with E-state index >= 15 is 0 Å². The predicted molar refractivity (Wildman–Crippen MR) is 49.2 cm³/mol. The molecule has 1 rings (SSSR count). The summed E-state index contributed by atoms with van der Waals surface area (Å²) in [7, 11) is 0. The maximum absolute atomic E-state index is 12.9. The number of allylic oxidation sites excluding steroid dienone is 1. The first-order valence-electron chi connectivity index (χ1n) is 3.42. The van der Waals surface area contributed by atoms with E-state index in [1.54, 1.807) is 6.08 Å². The zero-order valence-corrected chi connectivity index (χ0v) is 7.81. The summed E-state index contributed by atoms with van der Waals surface area (Å²) in [4.78, 5) is 0. The van der Waals surface area contributed by atoms with Crippen LogP contribution in [0.15, 0.2) is 24.3 Å². The predicted octanol–water partition coefficient (Wildman–Crippen LogP) is 3.37. The number of rotatable bonds is 2. The topological polar surface area (TPSA) is 0 Å². The van der Waals surface area contributed by atoms with Crippen LogP contribution in [0.2, 0.25) is 0 Å². The van der Waals surface area contributed by atoms with Crippen LogP contribution in [0.4, 0.5) is 8.78 Å². The molecular weight excluding hydrogens is 226 g/mol. The van der Waals surface area contributed by atoms with Gasteiger partial charge >= 0.3 is 0 Å². The first-order chi connectivity index (χ1) is 5.75.